The van der Waals surface area contributed by atoms with Gasteiger partial charge in [0.05, 0.1) is 24.2 Å². The van der Waals surface area contributed by atoms with E-state index in [-0.39, 0.29) is 23.1 Å². The fraction of sp³-hybridized carbons (Fsp3) is 0.417. The molecule has 0 saturated carbocycles. The second kappa shape index (κ2) is 4.11. The van der Waals surface area contributed by atoms with Crippen LogP contribution in [-0.4, -0.2) is 30.6 Å². The highest BCUT2D eigenvalue weighted by molar-refractivity contribution is 6.03. The molecule has 2 rings (SSSR count). The van der Waals surface area contributed by atoms with Crippen molar-refractivity contribution in [1.29, 1.82) is 0 Å². The van der Waals surface area contributed by atoms with E-state index in [1.165, 1.54) is 24.1 Å². The molecule has 0 saturated heterocycles. The number of rotatable bonds is 2. The summed E-state index contributed by atoms with van der Waals surface area (Å²) in [7, 11) is 2.97. The lowest BCUT2D eigenvalue weighted by atomic mass is 10.0. The van der Waals surface area contributed by atoms with Crippen LogP contribution in [0, 0.1) is 10.1 Å². The first-order valence-electron chi connectivity index (χ1n) is 5.61. The highest BCUT2D eigenvalue weighted by Gasteiger charge is 2.41. The van der Waals surface area contributed by atoms with E-state index in [2.05, 4.69) is 0 Å². The smallest absolute Gasteiger partial charge is 0.277 e. The van der Waals surface area contributed by atoms with E-state index in [0.29, 0.717) is 5.69 Å². The standard InChI is InChI=1S/C12H14N2O5/c1-12(2)11(15)13(3)10-8(18-4)5-7(14(16)17)6-9(10)19-12/h5-6H,1-4H3. The van der Waals surface area contributed by atoms with Gasteiger partial charge in [0.2, 0.25) is 0 Å². The van der Waals surface area contributed by atoms with Crippen molar-refractivity contribution in [3.8, 4) is 11.5 Å². The predicted molar refractivity (Wildman–Crippen MR) is 67.8 cm³/mol. The van der Waals surface area contributed by atoms with Crippen LogP contribution in [0.3, 0.4) is 0 Å². The van der Waals surface area contributed by atoms with Crippen LogP contribution in [0.5, 0.6) is 11.5 Å². The number of anilines is 1. The number of fused-ring (bicyclic) bond motifs is 1. The molecule has 0 atom stereocenters. The lowest BCUT2D eigenvalue weighted by molar-refractivity contribution is -0.385. The van der Waals surface area contributed by atoms with Gasteiger partial charge in [0.15, 0.2) is 17.1 Å². The summed E-state index contributed by atoms with van der Waals surface area (Å²) in [4.78, 5) is 23.8. The fourth-order valence-electron chi connectivity index (χ4n) is 2.06. The Balaban J connectivity index is 2.67. The van der Waals surface area contributed by atoms with Gasteiger partial charge < -0.3 is 14.4 Å². The van der Waals surface area contributed by atoms with Crippen LogP contribution in [-0.2, 0) is 4.79 Å². The molecular formula is C12H14N2O5. The summed E-state index contributed by atoms with van der Waals surface area (Å²) in [5.41, 5.74) is -0.811. The molecule has 0 N–H and O–H groups in total. The van der Waals surface area contributed by atoms with Crippen LogP contribution in [0.25, 0.3) is 0 Å². The average molecular weight is 266 g/mol. The van der Waals surface area contributed by atoms with Gasteiger partial charge in [-0.1, -0.05) is 0 Å². The Morgan fingerprint density at radius 3 is 2.58 bits per heavy atom. The predicted octanol–water partition coefficient (Wildman–Crippen LogP) is 1.74. The number of carbonyl (C=O) groups excluding carboxylic acids is 1. The van der Waals surface area contributed by atoms with Crippen molar-refractivity contribution >= 4 is 17.3 Å². The van der Waals surface area contributed by atoms with Gasteiger partial charge in [0, 0.05) is 7.05 Å². The van der Waals surface area contributed by atoms with Crippen molar-refractivity contribution in [2.24, 2.45) is 0 Å². The van der Waals surface area contributed by atoms with Gasteiger partial charge in [-0.15, -0.1) is 0 Å². The van der Waals surface area contributed by atoms with Crippen LogP contribution in [0.2, 0.25) is 0 Å². The van der Waals surface area contributed by atoms with E-state index in [4.69, 9.17) is 9.47 Å². The third-order valence-electron chi connectivity index (χ3n) is 2.98. The summed E-state index contributed by atoms with van der Waals surface area (Å²) < 4.78 is 10.7. The van der Waals surface area contributed by atoms with Gasteiger partial charge >= 0.3 is 0 Å². The van der Waals surface area contributed by atoms with Gasteiger partial charge in [-0.2, -0.15) is 0 Å². The number of nitrogens with zero attached hydrogens (tertiary/aromatic N) is 2. The molecule has 0 bridgehead atoms. The van der Waals surface area contributed by atoms with Crippen molar-refractivity contribution < 1.29 is 19.2 Å². The van der Waals surface area contributed by atoms with Crippen LogP contribution in [0.1, 0.15) is 13.8 Å². The molecule has 0 aliphatic carbocycles. The van der Waals surface area contributed by atoms with E-state index >= 15 is 0 Å². The van der Waals surface area contributed by atoms with Gasteiger partial charge in [-0.25, -0.2) is 0 Å². The Kier molecular flexibility index (Phi) is 2.84. The number of carbonyl (C=O) groups is 1. The fourth-order valence-corrected chi connectivity index (χ4v) is 2.06. The normalized spacial score (nSPS) is 16.6. The second-order valence-electron chi connectivity index (χ2n) is 4.73. The first-order chi connectivity index (χ1) is 8.77. The van der Waals surface area contributed by atoms with E-state index in [9.17, 15) is 14.9 Å². The Bertz CT molecular complexity index is 567. The van der Waals surface area contributed by atoms with Crippen LogP contribution < -0.4 is 14.4 Å². The lowest BCUT2D eigenvalue weighted by Crippen LogP contribution is -2.51. The molecule has 1 amide bonds. The quantitative estimate of drug-likeness (QED) is 0.601. The second-order valence-corrected chi connectivity index (χ2v) is 4.73. The molecule has 0 spiro atoms. The average Bonchev–Trinajstić information content (AvgIpc) is 2.34. The molecule has 1 heterocycles. The maximum absolute atomic E-state index is 12.1. The zero-order valence-electron chi connectivity index (χ0n) is 11.1. The van der Waals surface area contributed by atoms with Gasteiger partial charge in [-0.3, -0.25) is 14.9 Å². The summed E-state index contributed by atoms with van der Waals surface area (Å²) in [5.74, 6) is 0.251. The zero-order chi connectivity index (χ0) is 14.4. The van der Waals surface area contributed by atoms with Crippen molar-refractivity contribution in [2.45, 2.75) is 19.4 Å². The van der Waals surface area contributed by atoms with E-state index in [0.717, 1.165) is 0 Å². The molecular weight excluding hydrogens is 252 g/mol. The summed E-state index contributed by atoms with van der Waals surface area (Å²) in [5, 5.41) is 10.9. The minimum Gasteiger partial charge on any atom is -0.494 e. The highest BCUT2D eigenvalue weighted by Crippen LogP contribution is 2.45. The zero-order valence-corrected chi connectivity index (χ0v) is 11.1. The number of non-ortho nitro benzene ring substituents is 1. The number of hydrogen-bond acceptors (Lipinski definition) is 5. The number of likely N-dealkylation sites (N-methyl/N-ethyl adjacent to an activating group) is 1. The molecule has 1 aromatic rings. The van der Waals surface area contributed by atoms with Gasteiger partial charge in [0.1, 0.15) is 5.69 Å². The number of nitro benzene ring substituents is 1. The van der Waals surface area contributed by atoms with Crippen LogP contribution in [0.15, 0.2) is 12.1 Å². The maximum Gasteiger partial charge on any atom is 0.277 e. The van der Waals surface area contributed by atoms with Crippen LogP contribution in [0.4, 0.5) is 11.4 Å². The SMILES string of the molecule is COc1cc([N+](=O)[O-])cc2c1N(C)C(=O)C(C)(C)O2. The summed E-state index contributed by atoms with van der Waals surface area (Å²) in [6, 6.07) is 2.56. The highest BCUT2D eigenvalue weighted by atomic mass is 16.6. The molecule has 7 heteroatoms. The molecule has 0 aromatic heterocycles. The molecule has 7 nitrogen and oxygen atoms in total. The molecule has 1 aliphatic rings. The first kappa shape index (κ1) is 13.1. The van der Waals surface area contributed by atoms with E-state index in [1.807, 2.05) is 0 Å². The van der Waals surface area contributed by atoms with Crippen molar-refractivity contribution in [3.05, 3.63) is 22.2 Å². The number of ether oxygens (including phenoxy) is 2. The molecule has 19 heavy (non-hydrogen) atoms. The number of methoxy groups -OCH3 is 1. The number of amides is 1. The molecule has 1 aromatic carbocycles. The summed E-state index contributed by atoms with van der Waals surface area (Å²) in [6.07, 6.45) is 0. The summed E-state index contributed by atoms with van der Waals surface area (Å²) in [6.45, 7) is 3.22. The molecule has 0 unspecified atom stereocenters. The summed E-state index contributed by atoms with van der Waals surface area (Å²) >= 11 is 0. The number of nitro groups is 1. The van der Waals surface area contributed by atoms with Crippen LogP contribution >= 0.6 is 0 Å². The third kappa shape index (κ3) is 1.96. The van der Waals surface area contributed by atoms with Crippen molar-refractivity contribution in [2.75, 3.05) is 19.1 Å². The Labute approximate surface area is 109 Å². The maximum atomic E-state index is 12.1. The largest absolute Gasteiger partial charge is 0.494 e. The number of benzene rings is 1. The molecule has 0 radical (unpaired) electrons. The first-order valence-corrected chi connectivity index (χ1v) is 5.61. The lowest BCUT2D eigenvalue weighted by Gasteiger charge is -2.37. The Hall–Kier alpha value is -2.31. The molecule has 1 aliphatic heterocycles. The number of hydrogen-bond donors (Lipinski definition) is 0. The van der Waals surface area contributed by atoms with Crippen molar-refractivity contribution in [1.82, 2.24) is 0 Å². The topological polar surface area (TPSA) is 81.9 Å². The van der Waals surface area contributed by atoms with E-state index in [1.54, 1.807) is 20.9 Å². The minimum atomic E-state index is -1.07. The Morgan fingerprint density at radius 2 is 2.05 bits per heavy atom. The van der Waals surface area contributed by atoms with Gasteiger partial charge in [-0.05, 0) is 13.8 Å². The minimum absolute atomic E-state index is 0.144. The Morgan fingerprint density at radius 1 is 1.42 bits per heavy atom. The van der Waals surface area contributed by atoms with Crippen molar-refractivity contribution in [3.63, 3.8) is 0 Å². The monoisotopic (exact) mass is 266 g/mol. The van der Waals surface area contributed by atoms with Gasteiger partial charge in [0.25, 0.3) is 11.6 Å². The molecule has 0 fully saturated rings. The molecule has 102 valence electrons. The van der Waals surface area contributed by atoms with E-state index < -0.39 is 10.5 Å². The third-order valence-corrected chi connectivity index (χ3v) is 2.98.